The van der Waals surface area contributed by atoms with Crippen molar-refractivity contribution in [3.8, 4) is 0 Å². The number of aryl methyl sites for hydroxylation is 1. The van der Waals surface area contributed by atoms with Crippen molar-refractivity contribution in [2.75, 3.05) is 38.1 Å². The highest BCUT2D eigenvalue weighted by molar-refractivity contribution is 7.19. The number of nitrogens with one attached hydrogen (secondary N) is 1. The molecular weight excluding hydrogens is 587 g/mol. The van der Waals surface area contributed by atoms with Crippen LogP contribution in [0.25, 0.3) is 28.0 Å². The van der Waals surface area contributed by atoms with E-state index in [1.54, 1.807) is 30.6 Å². The number of anilines is 1. The zero-order valence-corrected chi connectivity index (χ0v) is 26.4. The number of thiazole rings is 1. The van der Waals surface area contributed by atoms with Gasteiger partial charge in [-0.2, -0.15) is 0 Å². The summed E-state index contributed by atoms with van der Waals surface area (Å²) in [7, 11) is 2.14. The molecule has 1 N–H and O–H groups in total. The van der Waals surface area contributed by atoms with Crippen LogP contribution in [0.2, 0.25) is 0 Å². The number of carbonyl (C=O) groups excluding carboxylic acids is 1. The second kappa shape index (κ2) is 13.1. The van der Waals surface area contributed by atoms with Crippen LogP contribution < -0.4 is 15.6 Å². The van der Waals surface area contributed by atoms with E-state index in [9.17, 15) is 9.18 Å². The second-order valence-corrected chi connectivity index (χ2v) is 12.1. The van der Waals surface area contributed by atoms with Gasteiger partial charge < -0.3 is 15.1 Å². The van der Waals surface area contributed by atoms with E-state index in [0.717, 1.165) is 54.7 Å². The molecule has 0 radical (unpaired) electrons. The summed E-state index contributed by atoms with van der Waals surface area (Å²) in [6.45, 7) is 11.8. The van der Waals surface area contributed by atoms with Gasteiger partial charge in [-0.15, -0.1) is 11.3 Å². The molecule has 0 aliphatic carbocycles. The number of amides is 1. The second-order valence-electron chi connectivity index (χ2n) is 11.0. The van der Waals surface area contributed by atoms with Crippen LogP contribution in [0.3, 0.4) is 0 Å². The van der Waals surface area contributed by atoms with Gasteiger partial charge in [0, 0.05) is 31.2 Å². The van der Waals surface area contributed by atoms with Crippen LogP contribution in [0.1, 0.15) is 45.7 Å². The van der Waals surface area contributed by atoms with Crippen molar-refractivity contribution in [3.63, 3.8) is 0 Å². The summed E-state index contributed by atoms with van der Waals surface area (Å²) in [5.41, 5.74) is 3.71. The third-order valence-electron chi connectivity index (χ3n) is 7.78. The highest BCUT2D eigenvalue weighted by atomic mass is 32.1. The minimum atomic E-state index is -0.410. The minimum absolute atomic E-state index is 0.178. The molecule has 6 rings (SSSR count). The van der Waals surface area contributed by atoms with E-state index in [4.69, 9.17) is 9.98 Å². The first kappa shape index (κ1) is 30.3. The molecule has 1 aliphatic rings. The van der Waals surface area contributed by atoms with Crippen molar-refractivity contribution >= 4 is 56.8 Å². The maximum absolute atomic E-state index is 14.3. The van der Waals surface area contributed by atoms with Gasteiger partial charge in [0.15, 0.2) is 0 Å². The van der Waals surface area contributed by atoms with E-state index in [2.05, 4.69) is 38.7 Å². The maximum atomic E-state index is 14.3. The van der Waals surface area contributed by atoms with Crippen LogP contribution in [0.4, 0.5) is 15.9 Å². The SMILES string of the molecule is C=Cc1sc2c(C(=O)NCc3cnc(C)cn3)c(=Nc3cccc(F)c3)c3ccc(N4CCCN(C)CC4)nc3n2c1/C=C\C. The highest BCUT2D eigenvalue weighted by Crippen LogP contribution is 2.32. The predicted octanol–water partition coefficient (Wildman–Crippen LogP) is 5.77. The summed E-state index contributed by atoms with van der Waals surface area (Å²) in [5.74, 6) is 0.110. The number of pyridine rings is 2. The Labute approximate surface area is 265 Å². The van der Waals surface area contributed by atoms with Crippen molar-refractivity contribution in [2.45, 2.75) is 26.8 Å². The molecule has 230 valence electrons. The average molecular weight is 623 g/mol. The minimum Gasteiger partial charge on any atom is -0.355 e. The Morgan fingerprint density at radius 1 is 1.16 bits per heavy atom. The molecule has 0 saturated carbocycles. The molecule has 0 atom stereocenters. The van der Waals surface area contributed by atoms with Crippen LogP contribution in [0.15, 0.2) is 66.4 Å². The number of benzene rings is 1. The number of fused-ring (bicyclic) bond motifs is 3. The summed E-state index contributed by atoms with van der Waals surface area (Å²) in [6.07, 6.45) is 10.1. The molecule has 11 heteroatoms. The number of halogens is 1. The van der Waals surface area contributed by atoms with E-state index in [1.165, 1.54) is 23.5 Å². The first-order valence-corrected chi connectivity index (χ1v) is 15.7. The van der Waals surface area contributed by atoms with E-state index >= 15 is 0 Å². The number of likely N-dealkylation sites (N-methyl/N-ethyl adjacent to an activating group) is 1. The molecule has 1 aromatic carbocycles. The van der Waals surface area contributed by atoms with Crippen molar-refractivity contribution in [2.24, 2.45) is 4.99 Å². The quantitative estimate of drug-likeness (QED) is 0.248. The van der Waals surface area contributed by atoms with Gasteiger partial charge in [0.05, 0.1) is 45.7 Å². The van der Waals surface area contributed by atoms with Crippen molar-refractivity contribution in [1.82, 2.24) is 29.6 Å². The van der Waals surface area contributed by atoms with E-state index in [-0.39, 0.29) is 12.5 Å². The van der Waals surface area contributed by atoms with Gasteiger partial charge >= 0.3 is 0 Å². The van der Waals surface area contributed by atoms with E-state index in [1.807, 2.05) is 42.5 Å². The predicted molar refractivity (Wildman–Crippen MR) is 179 cm³/mol. The number of allylic oxidation sites excluding steroid dienone is 1. The molecule has 1 amide bonds. The molecule has 9 nitrogen and oxygen atoms in total. The summed E-state index contributed by atoms with van der Waals surface area (Å²) in [5, 5.41) is 4.11. The van der Waals surface area contributed by atoms with E-state index in [0.29, 0.717) is 38.2 Å². The van der Waals surface area contributed by atoms with Crippen LogP contribution in [0, 0.1) is 12.7 Å². The highest BCUT2D eigenvalue weighted by Gasteiger charge is 2.24. The lowest BCUT2D eigenvalue weighted by molar-refractivity contribution is 0.0950. The van der Waals surface area contributed by atoms with Crippen molar-refractivity contribution in [3.05, 3.63) is 100 Å². The lowest BCUT2D eigenvalue weighted by Crippen LogP contribution is -2.31. The fourth-order valence-electron chi connectivity index (χ4n) is 5.50. The molecule has 45 heavy (non-hydrogen) atoms. The zero-order valence-electron chi connectivity index (χ0n) is 25.6. The Balaban J connectivity index is 1.63. The van der Waals surface area contributed by atoms with Crippen molar-refractivity contribution < 1.29 is 9.18 Å². The fourth-order valence-corrected chi connectivity index (χ4v) is 6.63. The molecule has 1 fully saturated rings. The molecule has 1 saturated heterocycles. The van der Waals surface area contributed by atoms with Gasteiger partial charge in [-0.25, -0.2) is 14.4 Å². The van der Waals surface area contributed by atoms with Crippen LogP contribution in [-0.2, 0) is 6.54 Å². The fraction of sp³-hybridized carbons (Fsp3) is 0.265. The molecule has 0 bridgehead atoms. The van der Waals surface area contributed by atoms with Crippen LogP contribution in [-0.4, -0.2) is 63.4 Å². The Hall–Kier alpha value is -4.74. The number of hydrogen-bond donors (Lipinski definition) is 1. The number of hydrogen-bond acceptors (Lipinski definition) is 8. The zero-order chi connectivity index (χ0) is 31.5. The lowest BCUT2D eigenvalue weighted by Gasteiger charge is -2.22. The monoisotopic (exact) mass is 622 g/mol. The van der Waals surface area contributed by atoms with Gasteiger partial charge in [0.2, 0.25) is 0 Å². The standard InChI is InChI=1S/C34H35FN8OS/c1-5-9-27-28(6-2)45-34-30(33(44)38-21-25-20-36-22(3)19-37-25)31(39-24-11-7-10-23(35)18-24)26-12-13-29(40-32(26)43(27)34)42-15-8-14-41(4)16-17-42/h5-7,9-13,18-20H,2,8,14-17,21H2,1,3-4H3,(H,38,44)/b9-5-,39-31?. The van der Waals surface area contributed by atoms with Crippen LogP contribution in [0.5, 0.6) is 0 Å². The largest absolute Gasteiger partial charge is 0.355 e. The van der Waals surface area contributed by atoms with Gasteiger partial charge in [0.25, 0.3) is 5.91 Å². The average Bonchev–Trinajstić information content (AvgIpc) is 3.25. The van der Waals surface area contributed by atoms with Crippen molar-refractivity contribution in [1.29, 1.82) is 0 Å². The number of rotatable bonds is 7. The van der Waals surface area contributed by atoms with Gasteiger partial charge in [0.1, 0.15) is 27.7 Å². The molecular formula is C34H35FN8OS. The molecule has 5 heterocycles. The Bertz CT molecular complexity index is 2000. The Kier molecular flexibility index (Phi) is 8.81. The third-order valence-corrected chi connectivity index (χ3v) is 8.95. The topological polar surface area (TPSA) is 91.0 Å². The molecule has 4 aromatic heterocycles. The molecule has 0 unspecified atom stereocenters. The maximum Gasteiger partial charge on any atom is 0.256 e. The van der Waals surface area contributed by atoms with E-state index < -0.39 is 5.82 Å². The summed E-state index contributed by atoms with van der Waals surface area (Å²) in [6, 6.07) is 10.0. The summed E-state index contributed by atoms with van der Waals surface area (Å²) >= 11 is 1.44. The Morgan fingerprint density at radius 2 is 2.02 bits per heavy atom. The molecule has 0 spiro atoms. The lowest BCUT2D eigenvalue weighted by atomic mass is 10.1. The first-order valence-electron chi connectivity index (χ1n) is 14.9. The van der Waals surface area contributed by atoms with Gasteiger partial charge in [-0.05, 0) is 76.3 Å². The third kappa shape index (κ3) is 6.27. The number of nitrogens with zero attached hydrogens (tertiary/aromatic N) is 7. The number of aromatic nitrogens is 4. The van der Waals surface area contributed by atoms with Gasteiger partial charge in [-0.1, -0.05) is 18.7 Å². The Morgan fingerprint density at radius 3 is 2.78 bits per heavy atom. The summed E-state index contributed by atoms with van der Waals surface area (Å²) in [4.78, 5) is 39.2. The molecule has 1 aliphatic heterocycles. The normalized spacial score (nSPS) is 14.8. The number of carbonyl (C=O) groups is 1. The first-order chi connectivity index (χ1) is 21.9. The summed E-state index contributed by atoms with van der Waals surface area (Å²) < 4.78 is 16.4. The van der Waals surface area contributed by atoms with Gasteiger partial charge in [-0.3, -0.25) is 19.2 Å². The smallest absolute Gasteiger partial charge is 0.256 e. The van der Waals surface area contributed by atoms with Crippen LogP contribution >= 0.6 is 11.3 Å². The molecule has 5 aromatic rings.